The van der Waals surface area contributed by atoms with Crippen LogP contribution in [0, 0.1) is 5.41 Å². The zero-order valence-electron chi connectivity index (χ0n) is 6.91. The molecule has 1 aromatic heterocycles. The summed E-state index contributed by atoms with van der Waals surface area (Å²) >= 11 is 0. The Balaban J connectivity index is 2.89. The smallest absolute Gasteiger partial charge is 0.0484 e. The van der Waals surface area contributed by atoms with Crippen molar-refractivity contribution in [3.05, 3.63) is 36.0 Å². The summed E-state index contributed by atoms with van der Waals surface area (Å²) in [6, 6.07) is 8.02. The highest BCUT2D eigenvalue weighted by atomic mass is 14.9. The zero-order valence-corrected chi connectivity index (χ0v) is 6.91. The first-order valence-electron chi connectivity index (χ1n) is 3.87. The minimum atomic E-state index is 0.980. The number of hydrogen-bond donors (Lipinski definition) is 1. The Hall–Kier alpha value is -1.57. The number of hydrogen-bond acceptors (Lipinski definition) is 1. The molecule has 1 aromatic carbocycles. The highest BCUT2D eigenvalue weighted by Gasteiger charge is 1.99. The second-order valence-corrected chi connectivity index (χ2v) is 2.85. The third-order valence-electron chi connectivity index (χ3n) is 2.12. The van der Waals surface area contributed by atoms with E-state index in [4.69, 9.17) is 5.41 Å². The van der Waals surface area contributed by atoms with Gasteiger partial charge in [0.15, 0.2) is 0 Å². The van der Waals surface area contributed by atoms with E-state index in [-0.39, 0.29) is 0 Å². The largest absolute Gasteiger partial charge is 0.351 e. The van der Waals surface area contributed by atoms with Gasteiger partial charge in [0.1, 0.15) is 0 Å². The predicted octanol–water partition coefficient (Wildman–Crippen LogP) is 2.18. The molecule has 1 heterocycles. The van der Waals surface area contributed by atoms with Gasteiger partial charge in [0.05, 0.1) is 0 Å². The molecule has 2 rings (SSSR count). The van der Waals surface area contributed by atoms with E-state index in [2.05, 4.69) is 10.6 Å². The Morgan fingerprint density at radius 1 is 1.33 bits per heavy atom. The summed E-state index contributed by atoms with van der Waals surface area (Å²) in [5.74, 6) is 0. The zero-order chi connectivity index (χ0) is 8.55. The molecule has 0 radical (unpaired) electrons. The summed E-state index contributed by atoms with van der Waals surface area (Å²) in [5, 5.41) is 8.35. The minimum absolute atomic E-state index is 0.980. The summed E-state index contributed by atoms with van der Waals surface area (Å²) < 4.78 is 2.06. The molecule has 2 aromatic rings. The van der Waals surface area contributed by atoms with Gasteiger partial charge in [-0.3, -0.25) is 0 Å². The normalized spacial score (nSPS) is 10.4. The van der Waals surface area contributed by atoms with Crippen LogP contribution < -0.4 is 0 Å². The lowest BCUT2D eigenvalue weighted by atomic mass is 10.1. The Morgan fingerprint density at radius 2 is 2.17 bits per heavy atom. The van der Waals surface area contributed by atoms with Crippen LogP contribution in [0.2, 0.25) is 0 Å². The molecule has 0 aliphatic heterocycles. The minimum Gasteiger partial charge on any atom is -0.351 e. The van der Waals surface area contributed by atoms with Crippen LogP contribution in [0.1, 0.15) is 5.56 Å². The lowest BCUT2D eigenvalue weighted by Gasteiger charge is -1.97. The molecule has 2 heteroatoms. The third kappa shape index (κ3) is 0.848. The third-order valence-corrected chi connectivity index (χ3v) is 2.12. The van der Waals surface area contributed by atoms with E-state index in [1.807, 2.05) is 31.4 Å². The van der Waals surface area contributed by atoms with E-state index in [9.17, 15) is 0 Å². The second kappa shape index (κ2) is 2.48. The van der Waals surface area contributed by atoms with Crippen molar-refractivity contribution in [3.63, 3.8) is 0 Å². The van der Waals surface area contributed by atoms with Crippen LogP contribution in [0.15, 0.2) is 30.5 Å². The summed E-state index contributed by atoms with van der Waals surface area (Å²) in [6.45, 7) is 0. The Kier molecular flexibility index (Phi) is 1.47. The van der Waals surface area contributed by atoms with Gasteiger partial charge in [0, 0.05) is 35.9 Å². The quantitative estimate of drug-likeness (QED) is 0.616. The van der Waals surface area contributed by atoms with Crippen molar-refractivity contribution in [1.82, 2.24) is 4.57 Å². The molecule has 0 aliphatic carbocycles. The van der Waals surface area contributed by atoms with E-state index in [1.165, 1.54) is 11.7 Å². The molecule has 0 bridgehead atoms. The molecule has 12 heavy (non-hydrogen) atoms. The van der Waals surface area contributed by atoms with Gasteiger partial charge in [0.2, 0.25) is 0 Å². The van der Waals surface area contributed by atoms with Gasteiger partial charge in [-0.1, -0.05) is 12.1 Å². The van der Waals surface area contributed by atoms with Gasteiger partial charge in [-0.15, -0.1) is 0 Å². The fraction of sp³-hybridized carbons (Fsp3) is 0.100. The number of rotatable bonds is 1. The van der Waals surface area contributed by atoms with Crippen LogP contribution in [0.25, 0.3) is 10.9 Å². The number of benzene rings is 1. The topological polar surface area (TPSA) is 28.8 Å². The Bertz CT molecular complexity index is 426. The van der Waals surface area contributed by atoms with E-state index in [1.54, 1.807) is 0 Å². The van der Waals surface area contributed by atoms with Crippen LogP contribution in [0.4, 0.5) is 0 Å². The van der Waals surface area contributed by atoms with E-state index in [0.29, 0.717) is 0 Å². The lowest BCUT2D eigenvalue weighted by molar-refractivity contribution is 0.969. The fourth-order valence-corrected chi connectivity index (χ4v) is 1.45. The molecular weight excluding hydrogens is 148 g/mol. The van der Waals surface area contributed by atoms with Crippen LogP contribution in [-0.2, 0) is 7.05 Å². The first kappa shape index (κ1) is 7.10. The Morgan fingerprint density at radius 3 is 2.92 bits per heavy atom. The highest BCUT2D eigenvalue weighted by Crippen LogP contribution is 2.17. The first-order valence-corrected chi connectivity index (χ1v) is 3.87. The van der Waals surface area contributed by atoms with Crippen LogP contribution >= 0.6 is 0 Å². The second-order valence-electron chi connectivity index (χ2n) is 2.85. The first-order chi connectivity index (χ1) is 5.83. The molecule has 0 saturated carbocycles. The van der Waals surface area contributed by atoms with Gasteiger partial charge in [0.25, 0.3) is 0 Å². The molecule has 0 unspecified atom stereocenters. The maximum atomic E-state index is 7.20. The van der Waals surface area contributed by atoms with Crippen molar-refractivity contribution in [2.75, 3.05) is 0 Å². The number of aromatic nitrogens is 1. The maximum Gasteiger partial charge on any atom is 0.0484 e. The average molecular weight is 158 g/mol. The number of nitrogens with zero attached hydrogens (tertiary/aromatic N) is 1. The number of nitrogens with one attached hydrogen (secondary N) is 1. The molecule has 0 atom stereocenters. The van der Waals surface area contributed by atoms with Gasteiger partial charge in [-0.2, -0.15) is 0 Å². The average Bonchev–Trinajstić information content (AvgIpc) is 2.48. The van der Waals surface area contributed by atoms with Gasteiger partial charge in [-0.25, -0.2) is 0 Å². The van der Waals surface area contributed by atoms with Gasteiger partial charge in [-0.05, 0) is 12.1 Å². The van der Waals surface area contributed by atoms with E-state index in [0.717, 1.165) is 10.9 Å². The summed E-state index contributed by atoms with van der Waals surface area (Å²) in [4.78, 5) is 0. The monoisotopic (exact) mass is 158 g/mol. The molecule has 1 N–H and O–H groups in total. The lowest BCUT2D eigenvalue weighted by Crippen LogP contribution is -1.85. The van der Waals surface area contributed by atoms with Gasteiger partial charge >= 0.3 is 0 Å². The summed E-state index contributed by atoms with van der Waals surface area (Å²) in [6.07, 6.45) is 3.40. The molecular formula is C10H10N2. The highest BCUT2D eigenvalue weighted by molar-refractivity contribution is 5.97. The van der Waals surface area contributed by atoms with Crippen LogP contribution in [0.5, 0.6) is 0 Å². The summed E-state index contributed by atoms with van der Waals surface area (Å²) in [5.41, 5.74) is 2.16. The van der Waals surface area contributed by atoms with Gasteiger partial charge < -0.3 is 9.98 Å². The molecule has 0 saturated heterocycles. The van der Waals surface area contributed by atoms with Crippen molar-refractivity contribution in [2.24, 2.45) is 7.05 Å². The predicted molar refractivity (Wildman–Crippen MR) is 50.8 cm³/mol. The van der Waals surface area contributed by atoms with Crippen LogP contribution in [0.3, 0.4) is 0 Å². The maximum absolute atomic E-state index is 7.20. The molecule has 0 amide bonds. The van der Waals surface area contributed by atoms with Crippen molar-refractivity contribution >= 4 is 17.1 Å². The van der Waals surface area contributed by atoms with Crippen molar-refractivity contribution < 1.29 is 0 Å². The molecule has 0 aliphatic rings. The van der Waals surface area contributed by atoms with Crippen LogP contribution in [-0.4, -0.2) is 10.8 Å². The van der Waals surface area contributed by atoms with E-state index < -0.39 is 0 Å². The number of fused-ring (bicyclic) bond motifs is 1. The SMILES string of the molecule is Cn1ccc2c(C=N)cccc21. The van der Waals surface area contributed by atoms with E-state index >= 15 is 0 Å². The van der Waals surface area contributed by atoms with Crippen molar-refractivity contribution in [2.45, 2.75) is 0 Å². The van der Waals surface area contributed by atoms with Crippen molar-refractivity contribution in [1.29, 1.82) is 5.41 Å². The van der Waals surface area contributed by atoms with Crippen molar-refractivity contribution in [3.8, 4) is 0 Å². The summed E-state index contributed by atoms with van der Waals surface area (Å²) in [7, 11) is 2.01. The molecule has 60 valence electrons. The standard InChI is InChI=1S/C10H10N2/c1-12-6-5-9-8(7-11)3-2-4-10(9)12/h2-7,11H,1H3. The molecule has 0 fully saturated rings. The molecule has 2 nitrogen and oxygen atoms in total. The fourth-order valence-electron chi connectivity index (χ4n) is 1.45. The number of aryl methyl sites for hydroxylation is 1. The molecule has 0 spiro atoms. The Labute approximate surface area is 70.9 Å².